The summed E-state index contributed by atoms with van der Waals surface area (Å²) in [6, 6.07) is 26.5. The van der Waals surface area contributed by atoms with Crippen molar-refractivity contribution in [2.75, 3.05) is 0 Å². The second-order valence-electron chi connectivity index (χ2n) is 5.19. The molecule has 0 saturated heterocycles. The van der Waals surface area contributed by atoms with Crippen molar-refractivity contribution in [3.8, 4) is 27.3 Å². The van der Waals surface area contributed by atoms with Crippen molar-refractivity contribution in [1.29, 1.82) is 0 Å². The lowest BCUT2D eigenvalue weighted by atomic mass is 9.99. The van der Waals surface area contributed by atoms with E-state index in [1.54, 1.807) is 17.4 Å². The normalized spacial score (nSPS) is 10.9. The Morgan fingerprint density at radius 1 is 0.636 bits per heavy atom. The molecule has 1 aromatic heterocycles. The molecule has 106 valence electrons. The van der Waals surface area contributed by atoms with E-state index in [2.05, 4.69) is 42.5 Å². The molecule has 0 bridgehead atoms. The number of phenols is 1. The molecule has 3 aromatic carbocycles. The van der Waals surface area contributed by atoms with Gasteiger partial charge in [-0.05, 0) is 17.2 Å². The molecular formula is C20H14OS. The van der Waals surface area contributed by atoms with Gasteiger partial charge in [0.05, 0.1) is 4.70 Å². The van der Waals surface area contributed by atoms with Crippen molar-refractivity contribution >= 4 is 21.4 Å². The Morgan fingerprint density at radius 3 is 1.95 bits per heavy atom. The molecule has 4 rings (SSSR count). The zero-order valence-electron chi connectivity index (χ0n) is 11.9. The third kappa shape index (κ3) is 2.09. The van der Waals surface area contributed by atoms with Crippen LogP contribution in [0.1, 0.15) is 0 Å². The number of hydrogen-bond donors (Lipinski definition) is 1. The maximum atomic E-state index is 10.2. The molecule has 0 unspecified atom stereocenters. The van der Waals surface area contributed by atoms with Crippen LogP contribution in [0, 0.1) is 0 Å². The highest BCUT2D eigenvalue weighted by Crippen LogP contribution is 2.47. The SMILES string of the molecule is Oc1cccc2c(-c3ccccc3)c(-c3ccccc3)sc12. The van der Waals surface area contributed by atoms with Crippen molar-refractivity contribution in [3.63, 3.8) is 0 Å². The molecule has 0 saturated carbocycles. The van der Waals surface area contributed by atoms with E-state index in [1.165, 1.54) is 21.6 Å². The molecule has 0 aliphatic carbocycles. The summed E-state index contributed by atoms with van der Waals surface area (Å²) in [4.78, 5) is 1.20. The van der Waals surface area contributed by atoms with Crippen molar-refractivity contribution in [1.82, 2.24) is 0 Å². The largest absolute Gasteiger partial charge is 0.506 e. The summed E-state index contributed by atoms with van der Waals surface area (Å²) in [7, 11) is 0. The van der Waals surface area contributed by atoms with Gasteiger partial charge in [0.1, 0.15) is 5.75 Å². The van der Waals surface area contributed by atoms with Crippen LogP contribution >= 0.6 is 11.3 Å². The van der Waals surface area contributed by atoms with Crippen LogP contribution in [-0.2, 0) is 0 Å². The minimum absolute atomic E-state index is 0.349. The molecule has 0 atom stereocenters. The van der Waals surface area contributed by atoms with Gasteiger partial charge in [0.15, 0.2) is 0 Å². The summed E-state index contributed by atoms with van der Waals surface area (Å²) < 4.78 is 0.945. The van der Waals surface area contributed by atoms with E-state index < -0.39 is 0 Å². The molecule has 1 N–H and O–H groups in total. The van der Waals surface area contributed by atoms with E-state index in [9.17, 15) is 5.11 Å². The highest BCUT2D eigenvalue weighted by molar-refractivity contribution is 7.23. The lowest BCUT2D eigenvalue weighted by Gasteiger charge is -2.05. The molecule has 1 nitrogen and oxygen atoms in total. The van der Waals surface area contributed by atoms with Crippen LogP contribution < -0.4 is 0 Å². The highest BCUT2D eigenvalue weighted by atomic mass is 32.1. The first-order chi connectivity index (χ1) is 10.8. The molecule has 0 aliphatic rings. The molecule has 0 amide bonds. The third-order valence-corrected chi connectivity index (χ3v) is 5.07. The molecular weight excluding hydrogens is 288 g/mol. The van der Waals surface area contributed by atoms with Crippen molar-refractivity contribution in [2.24, 2.45) is 0 Å². The first-order valence-electron chi connectivity index (χ1n) is 7.20. The summed E-state index contributed by atoms with van der Waals surface area (Å²) >= 11 is 1.65. The summed E-state index contributed by atoms with van der Waals surface area (Å²) in [5.74, 6) is 0.349. The van der Waals surface area contributed by atoms with Gasteiger partial charge in [-0.3, -0.25) is 0 Å². The van der Waals surface area contributed by atoms with Crippen LogP contribution in [0.4, 0.5) is 0 Å². The summed E-state index contributed by atoms with van der Waals surface area (Å²) in [6.45, 7) is 0. The fraction of sp³-hybridized carbons (Fsp3) is 0. The predicted molar refractivity (Wildman–Crippen MR) is 94.4 cm³/mol. The monoisotopic (exact) mass is 302 g/mol. The zero-order chi connectivity index (χ0) is 14.9. The Labute approximate surface area is 133 Å². The topological polar surface area (TPSA) is 20.2 Å². The van der Waals surface area contributed by atoms with Gasteiger partial charge in [-0.15, -0.1) is 11.3 Å². The maximum Gasteiger partial charge on any atom is 0.133 e. The van der Waals surface area contributed by atoms with Gasteiger partial charge in [-0.25, -0.2) is 0 Å². The van der Waals surface area contributed by atoms with Gasteiger partial charge >= 0.3 is 0 Å². The lowest BCUT2D eigenvalue weighted by Crippen LogP contribution is -1.79. The van der Waals surface area contributed by atoms with E-state index in [0.717, 1.165) is 10.1 Å². The van der Waals surface area contributed by atoms with E-state index in [-0.39, 0.29) is 0 Å². The predicted octanol–water partition coefficient (Wildman–Crippen LogP) is 5.94. The number of hydrogen-bond acceptors (Lipinski definition) is 2. The number of thiophene rings is 1. The van der Waals surface area contributed by atoms with Crippen LogP contribution in [-0.4, -0.2) is 5.11 Å². The third-order valence-electron chi connectivity index (χ3n) is 3.79. The van der Waals surface area contributed by atoms with Crippen LogP contribution in [0.3, 0.4) is 0 Å². The molecule has 0 radical (unpaired) electrons. The van der Waals surface area contributed by atoms with Crippen molar-refractivity contribution in [2.45, 2.75) is 0 Å². The quantitative estimate of drug-likeness (QED) is 0.486. The minimum atomic E-state index is 0.349. The summed E-state index contributed by atoms with van der Waals surface area (Å²) in [6.07, 6.45) is 0. The molecule has 2 heteroatoms. The van der Waals surface area contributed by atoms with E-state index >= 15 is 0 Å². The average molecular weight is 302 g/mol. The number of benzene rings is 3. The zero-order valence-corrected chi connectivity index (χ0v) is 12.7. The lowest BCUT2D eigenvalue weighted by molar-refractivity contribution is 0.482. The number of fused-ring (bicyclic) bond motifs is 1. The first kappa shape index (κ1) is 13.1. The minimum Gasteiger partial charge on any atom is -0.506 e. The van der Waals surface area contributed by atoms with Gasteiger partial charge in [0.2, 0.25) is 0 Å². The second-order valence-corrected chi connectivity index (χ2v) is 6.21. The Balaban J connectivity index is 2.10. The van der Waals surface area contributed by atoms with Gasteiger partial charge in [0, 0.05) is 15.8 Å². The van der Waals surface area contributed by atoms with E-state index in [1.807, 2.05) is 30.3 Å². The first-order valence-corrected chi connectivity index (χ1v) is 8.01. The molecule has 4 aromatic rings. The van der Waals surface area contributed by atoms with Crippen LogP contribution in [0.15, 0.2) is 78.9 Å². The molecule has 1 heterocycles. The molecule has 0 spiro atoms. The van der Waals surface area contributed by atoms with Gasteiger partial charge in [-0.1, -0.05) is 72.8 Å². The fourth-order valence-corrected chi connectivity index (χ4v) is 4.03. The summed E-state index contributed by atoms with van der Waals surface area (Å²) in [5, 5.41) is 11.3. The number of rotatable bonds is 2. The fourth-order valence-electron chi connectivity index (χ4n) is 2.79. The highest BCUT2D eigenvalue weighted by Gasteiger charge is 2.16. The number of aromatic hydroxyl groups is 1. The Bertz CT molecular complexity index is 924. The summed E-state index contributed by atoms with van der Waals surface area (Å²) in [5.41, 5.74) is 3.56. The van der Waals surface area contributed by atoms with Gasteiger partial charge < -0.3 is 5.11 Å². The second kappa shape index (κ2) is 5.32. The Morgan fingerprint density at radius 2 is 1.27 bits per heavy atom. The van der Waals surface area contributed by atoms with Crippen molar-refractivity contribution in [3.05, 3.63) is 78.9 Å². The maximum absolute atomic E-state index is 10.2. The number of phenolic OH excluding ortho intramolecular Hbond substituents is 1. The Kier molecular flexibility index (Phi) is 3.17. The molecule has 0 aliphatic heterocycles. The van der Waals surface area contributed by atoms with Crippen LogP contribution in [0.25, 0.3) is 31.7 Å². The van der Waals surface area contributed by atoms with E-state index in [0.29, 0.717) is 5.75 Å². The van der Waals surface area contributed by atoms with Crippen LogP contribution in [0.5, 0.6) is 5.75 Å². The van der Waals surface area contributed by atoms with E-state index in [4.69, 9.17) is 0 Å². The molecule has 22 heavy (non-hydrogen) atoms. The van der Waals surface area contributed by atoms with Gasteiger partial charge in [0.25, 0.3) is 0 Å². The van der Waals surface area contributed by atoms with Crippen LogP contribution in [0.2, 0.25) is 0 Å². The smallest absolute Gasteiger partial charge is 0.133 e. The molecule has 0 fully saturated rings. The average Bonchev–Trinajstić information content (AvgIpc) is 2.97. The van der Waals surface area contributed by atoms with Crippen molar-refractivity contribution < 1.29 is 5.11 Å². The standard InChI is InChI=1S/C20H14OS/c21-17-13-7-12-16-18(14-8-3-1-4-9-14)19(22-20(16)17)15-10-5-2-6-11-15/h1-13,21H. The Hall–Kier alpha value is -2.58. The van der Waals surface area contributed by atoms with Gasteiger partial charge in [-0.2, -0.15) is 0 Å².